The topological polar surface area (TPSA) is 12.0 Å². The minimum Gasteiger partial charge on any atom is -0.309 e. The van der Waals surface area contributed by atoms with Gasteiger partial charge in [0.15, 0.2) is 0 Å². The lowest BCUT2D eigenvalue weighted by Crippen LogP contribution is -2.23. The van der Waals surface area contributed by atoms with Gasteiger partial charge < -0.3 is 5.32 Å². The van der Waals surface area contributed by atoms with E-state index in [2.05, 4.69) is 45.3 Å². The van der Waals surface area contributed by atoms with Crippen molar-refractivity contribution in [3.8, 4) is 0 Å². The molecule has 0 radical (unpaired) electrons. The van der Waals surface area contributed by atoms with Crippen LogP contribution < -0.4 is 5.32 Å². The highest BCUT2D eigenvalue weighted by Gasteiger charge is 2.20. The van der Waals surface area contributed by atoms with Crippen molar-refractivity contribution < 1.29 is 0 Å². The summed E-state index contributed by atoms with van der Waals surface area (Å²) >= 11 is 8.19. The van der Waals surface area contributed by atoms with Crippen molar-refractivity contribution >= 4 is 22.9 Å². The maximum absolute atomic E-state index is 6.40. The molecule has 0 aromatic carbocycles. The average Bonchev–Trinajstić information content (AvgIpc) is 2.59. The highest BCUT2D eigenvalue weighted by Crippen LogP contribution is 2.36. The Morgan fingerprint density at radius 2 is 2.06 bits per heavy atom. The number of hydrogen-bond acceptors (Lipinski definition) is 2. The van der Waals surface area contributed by atoms with E-state index in [1.807, 2.05) is 0 Å². The Balaban J connectivity index is 2.75. The highest BCUT2D eigenvalue weighted by molar-refractivity contribution is 7.10. The lowest BCUT2D eigenvalue weighted by Gasteiger charge is -2.24. The van der Waals surface area contributed by atoms with Gasteiger partial charge in [-0.2, -0.15) is 0 Å². The predicted molar refractivity (Wildman–Crippen MR) is 83.8 cm³/mol. The van der Waals surface area contributed by atoms with E-state index >= 15 is 0 Å². The summed E-state index contributed by atoms with van der Waals surface area (Å²) in [6.45, 7) is 12.2. The second-order valence-electron chi connectivity index (χ2n) is 6.20. The van der Waals surface area contributed by atoms with E-state index in [9.17, 15) is 0 Å². The van der Waals surface area contributed by atoms with Crippen LogP contribution in [-0.4, -0.2) is 6.54 Å². The molecular weight excluding hydrogens is 262 g/mol. The number of thiophene rings is 1. The molecule has 1 rings (SSSR count). The number of halogens is 1. The van der Waals surface area contributed by atoms with Gasteiger partial charge in [0, 0.05) is 10.9 Å². The summed E-state index contributed by atoms with van der Waals surface area (Å²) in [6.07, 6.45) is 3.53. The van der Waals surface area contributed by atoms with Crippen molar-refractivity contribution in [1.82, 2.24) is 5.32 Å². The lowest BCUT2D eigenvalue weighted by molar-refractivity contribution is 0.333. The first-order valence-electron chi connectivity index (χ1n) is 6.82. The van der Waals surface area contributed by atoms with E-state index < -0.39 is 0 Å². The Hall–Kier alpha value is -0.0500. The van der Waals surface area contributed by atoms with Gasteiger partial charge in [0.25, 0.3) is 0 Å². The van der Waals surface area contributed by atoms with Crippen molar-refractivity contribution in [2.45, 2.75) is 59.9 Å². The quantitative estimate of drug-likeness (QED) is 0.720. The summed E-state index contributed by atoms with van der Waals surface area (Å²) in [4.78, 5) is 1.31. The monoisotopic (exact) mass is 287 g/mol. The van der Waals surface area contributed by atoms with Gasteiger partial charge in [-0.05, 0) is 49.1 Å². The Kier molecular flexibility index (Phi) is 6.16. The molecule has 0 aliphatic carbocycles. The third-order valence-electron chi connectivity index (χ3n) is 3.07. The fraction of sp³-hybridized carbons (Fsp3) is 0.733. The molecular formula is C15H26ClNS. The standard InChI is InChI=1S/C15H26ClNS/c1-6-9-17-12(7-8-15(3,4)5)14-13(16)11(2)10-18-14/h10,12,17H,6-9H2,1-5H3. The number of rotatable bonds is 6. The molecule has 0 aliphatic heterocycles. The lowest BCUT2D eigenvalue weighted by atomic mass is 9.88. The fourth-order valence-electron chi connectivity index (χ4n) is 1.91. The maximum atomic E-state index is 6.40. The first-order valence-corrected chi connectivity index (χ1v) is 8.07. The average molecular weight is 288 g/mol. The van der Waals surface area contributed by atoms with E-state index in [1.54, 1.807) is 11.3 Å². The van der Waals surface area contributed by atoms with Crippen LogP contribution in [0.5, 0.6) is 0 Å². The van der Waals surface area contributed by atoms with Crippen LogP contribution >= 0.6 is 22.9 Å². The van der Waals surface area contributed by atoms with Crippen molar-refractivity contribution in [2.24, 2.45) is 5.41 Å². The third kappa shape index (κ3) is 4.91. The van der Waals surface area contributed by atoms with Crippen LogP contribution in [0.15, 0.2) is 5.38 Å². The van der Waals surface area contributed by atoms with Gasteiger partial charge in [0.05, 0.1) is 5.02 Å². The second-order valence-corrected chi connectivity index (χ2v) is 7.49. The summed E-state index contributed by atoms with van der Waals surface area (Å²) in [7, 11) is 0. The summed E-state index contributed by atoms with van der Waals surface area (Å²) in [5.74, 6) is 0. The SMILES string of the molecule is CCCNC(CCC(C)(C)C)c1scc(C)c1Cl. The summed E-state index contributed by atoms with van der Waals surface area (Å²) in [6, 6.07) is 0.412. The van der Waals surface area contributed by atoms with Crippen LogP contribution in [-0.2, 0) is 0 Å². The molecule has 3 heteroatoms. The van der Waals surface area contributed by atoms with Gasteiger partial charge in [-0.25, -0.2) is 0 Å². The zero-order valence-corrected chi connectivity index (χ0v) is 13.8. The smallest absolute Gasteiger partial charge is 0.0590 e. The largest absolute Gasteiger partial charge is 0.309 e. The van der Waals surface area contributed by atoms with Gasteiger partial charge in [-0.3, -0.25) is 0 Å². The molecule has 1 nitrogen and oxygen atoms in total. The van der Waals surface area contributed by atoms with E-state index in [-0.39, 0.29) is 0 Å². The minimum absolute atomic E-state index is 0.380. The Bertz CT molecular complexity index is 365. The Morgan fingerprint density at radius 1 is 1.39 bits per heavy atom. The molecule has 0 saturated carbocycles. The normalized spacial score (nSPS) is 13.9. The third-order valence-corrected chi connectivity index (χ3v) is 4.89. The minimum atomic E-state index is 0.380. The zero-order chi connectivity index (χ0) is 13.8. The Labute approximate surface area is 121 Å². The van der Waals surface area contributed by atoms with Crippen LogP contribution in [0.1, 0.15) is 63.4 Å². The first-order chi connectivity index (χ1) is 8.35. The number of nitrogens with one attached hydrogen (secondary N) is 1. The molecule has 1 heterocycles. The molecule has 0 fully saturated rings. The molecule has 0 bridgehead atoms. The van der Waals surface area contributed by atoms with Gasteiger partial charge >= 0.3 is 0 Å². The molecule has 1 aromatic heterocycles. The van der Waals surface area contributed by atoms with Crippen LogP contribution in [0.2, 0.25) is 5.02 Å². The molecule has 0 aliphatic rings. The molecule has 1 N–H and O–H groups in total. The molecule has 0 saturated heterocycles. The second kappa shape index (κ2) is 6.93. The Morgan fingerprint density at radius 3 is 2.50 bits per heavy atom. The zero-order valence-electron chi connectivity index (χ0n) is 12.3. The summed E-state index contributed by atoms with van der Waals surface area (Å²) in [5.41, 5.74) is 1.58. The van der Waals surface area contributed by atoms with Gasteiger partial charge in [-0.1, -0.05) is 39.3 Å². The van der Waals surface area contributed by atoms with Crippen LogP contribution in [0.4, 0.5) is 0 Å². The van der Waals surface area contributed by atoms with Crippen LogP contribution in [0.3, 0.4) is 0 Å². The first kappa shape index (κ1) is 16.0. The van der Waals surface area contributed by atoms with Crippen LogP contribution in [0.25, 0.3) is 0 Å². The van der Waals surface area contributed by atoms with Crippen molar-refractivity contribution in [3.63, 3.8) is 0 Å². The molecule has 104 valence electrons. The molecule has 0 amide bonds. The maximum Gasteiger partial charge on any atom is 0.0590 e. The molecule has 1 atom stereocenters. The van der Waals surface area contributed by atoms with Crippen molar-refractivity contribution in [3.05, 3.63) is 20.8 Å². The van der Waals surface area contributed by atoms with E-state index in [0.29, 0.717) is 11.5 Å². The molecule has 1 aromatic rings. The van der Waals surface area contributed by atoms with Gasteiger partial charge in [-0.15, -0.1) is 11.3 Å². The van der Waals surface area contributed by atoms with Gasteiger partial charge in [0.1, 0.15) is 0 Å². The fourth-order valence-corrected chi connectivity index (χ4v) is 3.34. The van der Waals surface area contributed by atoms with E-state index in [4.69, 9.17) is 11.6 Å². The molecule has 18 heavy (non-hydrogen) atoms. The van der Waals surface area contributed by atoms with Gasteiger partial charge in [0.2, 0.25) is 0 Å². The number of hydrogen-bond donors (Lipinski definition) is 1. The molecule has 0 spiro atoms. The predicted octanol–water partition coefficient (Wildman–Crippen LogP) is 5.58. The van der Waals surface area contributed by atoms with E-state index in [0.717, 1.165) is 24.4 Å². The number of aryl methyl sites for hydroxylation is 1. The summed E-state index contributed by atoms with van der Waals surface area (Å²) < 4.78 is 0. The van der Waals surface area contributed by atoms with Crippen molar-refractivity contribution in [1.29, 1.82) is 0 Å². The summed E-state index contributed by atoms with van der Waals surface area (Å²) in [5, 5.41) is 6.76. The highest BCUT2D eigenvalue weighted by atomic mass is 35.5. The molecule has 1 unspecified atom stereocenters. The van der Waals surface area contributed by atoms with E-state index in [1.165, 1.54) is 16.9 Å². The van der Waals surface area contributed by atoms with Crippen LogP contribution in [0, 0.1) is 12.3 Å². The van der Waals surface area contributed by atoms with Crippen molar-refractivity contribution in [2.75, 3.05) is 6.54 Å².